The Morgan fingerprint density at radius 2 is 1.68 bits per heavy atom. The topological polar surface area (TPSA) is 40.5 Å². The van der Waals surface area contributed by atoms with E-state index < -0.39 is 0 Å². The molecule has 19 heavy (non-hydrogen) atoms. The maximum Gasteiger partial charge on any atom is 0.123 e. The minimum atomic E-state index is 0.148. The summed E-state index contributed by atoms with van der Waals surface area (Å²) in [5, 5.41) is 20.5. The molecule has 2 N–H and O–H groups in total. The Bertz CT molecular complexity index is 546. The molecule has 0 aliphatic heterocycles. The Hall–Kier alpha value is -1.44. The van der Waals surface area contributed by atoms with E-state index in [0.717, 1.165) is 12.0 Å². The van der Waals surface area contributed by atoms with Crippen LogP contribution in [-0.4, -0.2) is 10.2 Å². The molecule has 0 bridgehead atoms. The van der Waals surface area contributed by atoms with Gasteiger partial charge in [0.05, 0.1) is 0 Å². The van der Waals surface area contributed by atoms with E-state index in [2.05, 4.69) is 26.8 Å². The Morgan fingerprint density at radius 1 is 1.11 bits per heavy atom. The predicted octanol–water partition coefficient (Wildman–Crippen LogP) is 4.11. The number of aryl methyl sites for hydroxylation is 1. The van der Waals surface area contributed by atoms with E-state index >= 15 is 0 Å². The van der Waals surface area contributed by atoms with Gasteiger partial charge in [0.25, 0.3) is 0 Å². The molecule has 1 saturated carbocycles. The lowest BCUT2D eigenvalue weighted by molar-refractivity contribution is 0.419. The molecule has 0 heterocycles. The van der Waals surface area contributed by atoms with Gasteiger partial charge in [0, 0.05) is 11.5 Å². The van der Waals surface area contributed by atoms with E-state index in [4.69, 9.17) is 0 Å². The molecule has 3 atom stereocenters. The highest BCUT2D eigenvalue weighted by Crippen LogP contribution is 2.69. The Balaban J connectivity index is 2.09. The van der Waals surface area contributed by atoms with Crippen LogP contribution in [0.2, 0.25) is 0 Å². The summed E-state index contributed by atoms with van der Waals surface area (Å²) >= 11 is 0. The summed E-state index contributed by atoms with van der Waals surface area (Å²) in [7, 11) is 0. The third-order valence-corrected chi connectivity index (χ3v) is 5.15. The highest BCUT2D eigenvalue weighted by Gasteiger charge is 2.62. The molecule has 0 saturated heterocycles. The van der Waals surface area contributed by atoms with Crippen molar-refractivity contribution in [1.29, 1.82) is 0 Å². The monoisotopic (exact) mass is 258 g/mol. The highest BCUT2D eigenvalue weighted by atomic mass is 16.3. The maximum absolute atomic E-state index is 10.2. The number of aromatic hydroxyl groups is 2. The second-order valence-electron chi connectivity index (χ2n) is 6.91. The van der Waals surface area contributed by atoms with Gasteiger partial charge in [0.1, 0.15) is 11.5 Å². The van der Waals surface area contributed by atoms with Crippen LogP contribution in [0.5, 0.6) is 11.5 Å². The molecule has 1 aromatic rings. The number of hydrogen-bond acceptors (Lipinski definition) is 2. The van der Waals surface area contributed by atoms with Gasteiger partial charge >= 0.3 is 0 Å². The third-order valence-electron chi connectivity index (χ3n) is 5.15. The molecule has 3 unspecified atom stereocenters. The molecular formula is C17H22O2. The van der Waals surface area contributed by atoms with Gasteiger partial charge in [0.2, 0.25) is 0 Å². The Morgan fingerprint density at radius 3 is 2.26 bits per heavy atom. The van der Waals surface area contributed by atoms with Gasteiger partial charge in [-0.25, -0.2) is 0 Å². The van der Waals surface area contributed by atoms with E-state index in [0.29, 0.717) is 22.8 Å². The average molecular weight is 258 g/mol. The number of phenols is 2. The first kappa shape index (κ1) is 12.6. The van der Waals surface area contributed by atoms with Gasteiger partial charge in [-0.05, 0) is 55.2 Å². The molecule has 0 amide bonds. The second-order valence-corrected chi connectivity index (χ2v) is 6.91. The van der Waals surface area contributed by atoms with Crippen LogP contribution in [0.1, 0.15) is 44.2 Å². The van der Waals surface area contributed by atoms with Gasteiger partial charge in [-0.2, -0.15) is 0 Å². The van der Waals surface area contributed by atoms with Crippen molar-refractivity contribution in [1.82, 2.24) is 0 Å². The van der Waals surface area contributed by atoms with E-state index in [1.807, 2.05) is 6.92 Å². The van der Waals surface area contributed by atoms with Crippen molar-refractivity contribution in [3.8, 4) is 11.5 Å². The summed E-state index contributed by atoms with van der Waals surface area (Å²) in [6.07, 6.45) is 3.39. The van der Waals surface area contributed by atoms with Crippen molar-refractivity contribution in [2.24, 2.45) is 17.3 Å². The van der Waals surface area contributed by atoms with Crippen molar-refractivity contribution in [3.05, 3.63) is 34.9 Å². The van der Waals surface area contributed by atoms with Crippen LogP contribution < -0.4 is 0 Å². The van der Waals surface area contributed by atoms with Crippen LogP contribution in [-0.2, 0) is 0 Å². The Labute approximate surface area is 114 Å². The van der Waals surface area contributed by atoms with Crippen molar-refractivity contribution in [3.63, 3.8) is 0 Å². The summed E-state index contributed by atoms with van der Waals surface area (Å²) in [5.41, 5.74) is 3.28. The van der Waals surface area contributed by atoms with Crippen LogP contribution in [0.4, 0.5) is 0 Å². The molecule has 1 fully saturated rings. The van der Waals surface area contributed by atoms with E-state index in [1.165, 1.54) is 5.57 Å². The van der Waals surface area contributed by atoms with Gasteiger partial charge in [-0.15, -0.1) is 0 Å². The van der Waals surface area contributed by atoms with Crippen LogP contribution in [0, 0.1) is 24.2 Å². The molecule has 102 valence electrons. The van der Waals surface area contributed by atoms with Crippen molar-refractivity contribution in [2.75, 3.05) is 0 Å². The molecule has 2 heteroatoms. The van der Waals surface area contributed by atoms with Crippen LogP contribution in [0.3, 0.4) is 0 Å². The zero-order valence-corrected chi connectivity index (χ0v) is 12.1. The zero-order chi connectivity index (χ0) is 13.9. The molecule has 2 aliphatic rings. The summed E-state index contributed by atoms with van der Waals surface area (Å²) in [6, 6.07) is 3.49. The van der Waals surface area contributed by atoms with Crippen LogP contribution in [0.25, 0.3) is 0 Å². The first-order valence-corrected chi connectivity index (χ1v) is 7.02. The number of hydrogen-bond donors (Lipinski definition) is 2. The van der Waals surface area contributed by atoms with E-state index in [-0.39, 0.29) is 17.4 Å². The number of benzene rings is 1. The second kappa shape index (κ2) is 3.78. The SMILES string of the molecule is CC1=CC(c2c(O)cc(C)cc2O)C2C(C1)C2(C)C. The first-order valence-electron chi connectivity index (χ1n) is 7.02. The first-order chi connectivity index (χ1) is 8.82. The number of fused-ring (bicyclic) bond motifs is 1. The zero-order valence-electron chi connectivity index (χ0n) is 12.1. The Kier molecular flexibility index (Phi) is 2.51. The number of allylic oxidation sites excluding steroid dienone is 2. The minimum absolute atomic E-state index is 0.148. The molecule has 3 rings (SSSR count). The average Bonchev–Trinajstić information content (AvgIpc) is 2.79. The normalized spacial score (nSPS) is 31.6. The van der Waals surface area contributed by atoms with Crippen molar-refractivity contribution >= 4 is 0 Å². The summed E-state index contributed by atoms with van der Waals surface area (Å²) < 4.78 is 0. The van der Waals surface area contributed by atoms with Crippen molar-refractivity contribution in [2.45, 2.75) is 40.0 Å². The predicted molar refractivity (Wildman–Crippen MR) is 76.4 cm³/mol. The van der Waals surface area contributed by atoms with E-state index in [9.17, 15) is 10.2 Å². The van der Waals surface area contributed by atoms with E-state index in [1.54, 1.807) is 12.1 Å². The summed E-state index contributed by atoms with van der Waals surface area (Å²) in [4.78, 5) is 0. The molecule has 0 radical (unpaired) electrons. The van der Waals surface area contributed by atoms with Gasteiger partial charge in [-0.3, -0.25) is 0 Å². The quantitative estimate of drug-likeness (QED) is 0.744. The van der Waals surface area contributed by atoms with Crippen molar-refractivity contribution < 1.29 is 10.2 Å². The maximum atomic E-state index is 10.2. The molecular weight excluding hydrogens is 236 g/mol. The highest BCUT2D eigenvalue weighted by molar-refractivity contribution is 5.52. The lowest BCUT2D eigenvalue weighted by Gasteiger charge is -2.22. The van der Waals surface area contributed by atoms with Gasteiger partial charge < -0.3 is 10.2 Å². The molecule has 2 aliphatic carbocycles. The number of rotatable bonds is 1. The lowest BCUT2D eigenvalue weighted by Crippen LogP contribution is -2.07. The van der Waals surface area contributed by atoms with Gasteiger partial charge in [0.15, 0.2) is 0 Å². The fourth-order valence-electron chi connectivity index (χ4n) is 4.08. The van der Waals surface area contributed by atoms with Crippen LogP contribution >= 0.6 is 0 Å². The number of phenolic OH excluding ortho intramolecular Hbond substituents is 2. The fourth-order valence-corrected chi connectivity index (χ4v) is 4.08. The molecule has 0 aromatic heterocycles. The van der Waals surface area contributed by atoms with Gasteiger partial charge in [-0.1, -0.05) is 25.5 Å². The third kappa shape index (κ3) is 1.77. The van der Waals surface area contributed by atoms with Crippen LogP contribution in [0.15, 0.2) is 23.8 Å². The fraction of sp³-hybridized carbons (Fsp3) is 0.529. The summed E-state index contributed by atoms with van der Waals surface area (Å²) in [6.45, 7) is 8.63. The minimum Gasteiger partial charge on any atom is -0.507 e. The molecule has 1 aromatic carbocycles. The molecule has 2 nitrogen and oxygen atoms in total. The lowest BCUT2D eigenvalue weighted by atomic mass is 9.84. The largest absolute Gasteiger partial charge is 0.507 e. The standard InChI is InChI=1S/C17H22O2/c1-9-5-11(16-12(6-9)17(16,3)4)15-13(18)7-10(2)8-14(15)19/h5,7-8,11-12,16,18-19H,6H2,1-4H3. The summed E-state index contributed by atoms with van der Waals surface area (Å²) in [5.74, 6) is 1.83. The smallest absolute Gasteiger partial charge is 0.123 e. The molecule has 0 spiro atoms.